The molecule has 1 fully saturated rings. The number of nitrogens with zero attached hydrogens (tertiary/aromatic N) is 1. The van der Waals surface area contributed by atoms with Crippen LogP contribution in [0.25, 0.3) is 0 Å². The molecule has 3 amide bonds. The second-order valence-corrected chi connectivity index (χ2v) is 6.91. The molecule has 0 bridgehead atoms. The van der Waals surface area contributed by atoms with Crippen LogP contribution in [0.2, 0.25) is 0 Å². The van der Waals surface area contributed by atoms with Gasteiger partial charge in [-0.2, -0.15) is 0 Å². The molecule has 7 nitrogen and oxygen atoms in total. The maximum absolute atomic E-state index is 12.8. The monoisotopic (exact) mass is 375 g/mol. The molecule has 4 atom stereocenters. The zero-order valence-electron chi connectivity index (χ0n) is 16.2. The van der Waals surface area contributed by atoms with Crippen LogP contribution in [0, 0.1) is 5.92 Å². The number of benzene rings is 1. The van der Waals surface area contributed by atoms with Crippen LogP contribution in [0.15, 0.2) is 30.3 Å². The van der Waals surface area contributed by atoms with E-state index in [0.717, 1.165) is 24.8 Å². The Kier molecular flexibility index (Phi) is 7.79. The molecule has 1 aliphatic heterocycles. The third-order valence-electron chi connectivity index (χ3n) is 5.20. The number of hydrogen-bond donors (Lipinski definition) is 2. The molecule has 0 aromatic heterocycles. The number of nitrogens with one attached hydrogen (secondary N) is 2. The van der Waals surface area contributed by atoms with Gasteiger partial charge in [-0.3, -0.25) is 14.4 Å². The molecule has 2 N–H and O–H groups in total. The molecule has 0 aliphatic carbocycles. The SMILES string of the molecule is CNC(=O)C(Cc1ccccc1)NC(=O)C(C)C(OC)C1CCCN1C=O. The summed E-state index contributed by atoms with van der Waals surface area (Å²) < 4.78 is 5.57. The first-order valence-electron chi connectivity index (χ1n) is 9.31. The van der Waals surface area contributed by atoms with E-state index in [1.165, 1.54) is 0 Å². The number of methoxy groups -OCH3 is 1. The lowest BCUT2D eigenvalue weighted by Gasteiger charge is -2.32. The molecule has 27 heavy (non-hydrogen) atoms. The van der Waals surface area contributed by atoms with E-state index in [0.29, 0.717) is 13.0 Å². The van der Waals surface area contributed by atoms with Crippen molar-refractivity contribution in [2.24, 2.45) is 5.92 Å². The van der Waals surface area contributed by atoms with Crippen LogP contribution in [-0.2, 0) is 25.5 Å². The lowest BCUT2D eigenvalue weighted by Crippen LogP contribution is -2.52. The van der Waals surface area contributed by atoms with E-state index < -0.39 is 18.1 Å². The first kappa shape index (κ1) is 20.9. The predicted molar refractivity (Wildman–Crippen MR) is 102 cm³/mol. The van der Waals surface area contributed by atoms with Crippen molar-refractivity contribution < 1.29 is 19.1 Å². The fourth-order valence-electron chi connectivity index (χ4n) is 3.68. The van der Waals surface area contributed by atoms with Crippen LogP contribution in [0.1, 0.15) is 25.3 Å². The first-order chi connectivity index (χ1) is 13.0. The molecular formula is C20H29N3O4. The quantitative estimate of drug-likeness (QED) is 0.623. The Hall–Kier alpha value is -2.41. The Balaban J connectivity index is 2.08. The number of likely N-dealkylation sites (tertiary alicyclic amines) is 1. The summed E-state index contributed by atoms with van der Waals surface area (Å²) in [4.78, 5) is 38.0. The molecule has 1 aromatic carbocycles. The standard InChI is InChI=1S/C20H29N3O4/c1-14(18(27-3)17-10-7-11-23(17)13-24)19(25)22-16(20(26)21-2)12-15-8-5-4-6-9-15/h4-6,8-9,13-14,16-18H,7,10-12H2,1-3H3,(H,21,26)(H,22,25). The van der Waals surface area contributed by atoms with Gasteiger partial charge in [0.05, 0.1) is 18.1 Å². The lowest BCUT2D eigenvalue weighted by molar-refractivity contribution is -0.136. The minimum absolute atomic E-state index is 0.124. The lowest BCUT2D eigenvalue weighted by atomic mass is 9.94. The van der Waals surface area contributed by atoms with E-state index in [1.54, 1.807) is 26.0 Å². The highest BCUT2D eigenvalue weighted by Crippen LogP contribution is 2.25. The molecule has 1 heterocycles. The van der Waals surface area contributed by atoms with Crippen molar-refractivity contribution in [2.45, 2.75) is 44.4 Å². The Morgan fingerprint density at radius 1 is 1.30 bits per heavy atom. The largest absolute Gasteiger partial charge is 0.378 e. The maximum atomic E-state index is 12.8. The molecular weight excluding hydrogens is 346 g/mol. The van der Waals surface area contributed by atoms with Crippen LogP contribution in [0.3, 0.4) is 0 Å². The minimum atomic E-state index is -0.671. The van der Waals surface area contributed by atoms with Crippen molar-refractivity contribution in [3.05, 3.63) is 35.9 Å². The highest BCUT2D eigenvalue weighted by molar-refractivity contribution is 5.88. The van der Waals surface area contributed by atoms with Crippen LogP contribution in [-0.4, -0.2) is 62.0 Å². The summed E-state index contributed by atoms with van der Waals surface area (Å²) in [6.45, 7) is 2.45. The van der Waals surface area contributed by atoms with Gasteiger partial charge in [-0.15, -0.1) is 0 Å². The third-order valence-corrected chi connectivity index (χ3v) is 5.20. The number of ether oxygens (including phenoxy) is 1. The second-order valence-electron chi connectivity index (χ2n) is 6.91. The molecule has 0 radical (unpaired) electrons. The molecule has 7 heteroatoms. The maximum Gasteiger partial charge on any atom is 0.242 e. The average molecular weight is 375 g/mol. The van der Waals surface area contributed by atoms with Gasteiger partial charge in [0.2, 0.25) is 18.2 Å². The van der Waals surface area contributed by atoms with Crippen molar-refractivity contribution >= 4 is 18.2 Å². The van der Waals surface area contributed by atoms with Gasteiger partial charge in [-0.25, -0.2) is 0 Å². The summed E-state index contributed by atoms with van der Waals surface area (Å²) in [6, 6.07) is 8.75. The molecule has 1 aromatic rings. The van der Waals surface area contributed by atoms with Crippen LogP contribution >= 0.6 is 0 Å². The number of hydrogen-bond acceptors (Lipinski definition) is 4. The van der Waals surface area contributed by atoms with Crippen LogP contribution in [0.5, 0.6) is 0 Å². The molecule has 1 saturated heterocycles. The van der Waals surface area contributed by atoms with E-state index in [9.17, 15) is 14.4 Å². The summed E-state index contributed by atoms with van der Waals surface area (Å²) >= 11 is 0. The Morgan fingerprint density at radius 2 is 2.00 bits per heavy atom. The van der Waals surface area contributed by atoms with Gasteiger partial charge in [-0.05, 0) is 18.4 Å². The molecule has 0 saturated carbocycles. The van der Waals surface area contributed by atoms with Crippen LogP contribution in [0.4, 0.5) is 0 Å². The van der Waals surface area contributed by atoms with Gasteiger partial charge in [-0.1, -0.05) is 37.3 Å². The van der Waals surface area contributed by atoms with E-state index in [-0.39, 0.29) is 17.9 Å². The van der Waals surface area contributed by atoms with Gasteiger partial charge in [0.25, 0.3) is 0 Å². The molecule has 0 spiro atoms. The molecule has 4 unspecified atom stereocenters. The highest BCUT2D eigenvalue weighted by Gasteiger charge is 2.38. The first-order valence-corrected chi connectivity index (χ1v) is 9.31. The zero-order valence-corrected chi connectivity index (χ0v) is 16.2. The minimum Gasteiger partial charge on any atom is -0.378 e. The van der Waals surface area contributed by atoms with Gasteiger partial charge >= 0.3 is 0 Å². The van der Waals surface area contributed by atoms with Crippen molar-refractivity contribution in [2.75, 3.05) is 20.7 Å². The molecule has 148 valence electrons. The van der Waals surface area contributed by atoms with E-state index in [2.05, 4.69) is 10.6 Å². The highest BCUT2D eigenvalue weighted by atomic mass is 16.5. The number of rotatable bonds is 9. The van der Waals surface area contributed by atoms with Gasteiger partial charge in [0, 0.05) is 27.1 Å². The summed E-state index contributed by atoms with van der Waals surface area (Å²) in [7, 11) is 3.10. The number of likely N-dealkylation sites (N-methyl/N-ethyl adjacent to an activating group) is 1. The van der Waals surface area contributed by atoms with E-state index in [4.69, 9.17) is 4.74 Å². The smallest absolute Gasteiger partial charge is 0.242 e. The number of amides is 3. The summed E-state index contributed by atoms with van der Waals surface area (Å²) in [5.74, 6) is -1.00. The normalized spacial score (nSPS) is 19.8. The Morgan fingerprint density at radius 3 is 2.59 bits per heavy atom. The Labute approximate surface area is 160 Å². The van der Waals surface area contributed by atoms with Gasteiger partial charge < -0.3 is 20.3 Å². The zero-order chi connectivity index (χ0) is 19.8. The van der Waals surface area contributed by atoms with Gasteiger partial charge in [0.1, 0.15) is 6.04 Å². The molecule has 2 rings (SSSR count). The number of carbonyl (C=O) groups is 3. The summed E-state index contributed by atoms with van der Waals surface area (Å²) in [6.07, 6.45) is 2.50. The van der Waals surface area contributed by atoms with Gasteiger partial charge in [0.15, 0.2) is 0 Å². The van der Waals surface area contributed by atoms with E-state index in [1.807, 2.05) is 30.3 Å². The predicted octanol–water partition coefficient (Wildman–Crippen LogP) is 0.732. The Bertz CT molecular complexity index is 637. The van der Waals surface area contributed by atoms with Crippen molar-refractivity contribution in [1.82, 2.24) is 15.5 Å². The van der Waals surface area contributed by atoms with Crippen molar-refractivity contribution in [3.8, 4) is 0 Å². The fraction of sp³-hybridized carbons (Fsp3) is 0.550. The second kappa shape index (κ2) is 10.1. The summed E-state index contributed by atoms with van der Waals surface area (Å²) in [5.41, 5.74) is 0.963. The average Bonchev–Trinajstić information content (AvgIpc) is 3.16. The fourth-order valence-corrected chi connectivity index (χ4v) is 3.68. The van der Waals surface area contributed by atoms with Crippen molar-refractivity contribution in [3.63, 3.8) is 0 Å². The number of carbonyl (C=O) groups excluding carboxylic acids is 3. The molecule has 1 aliphatic rings. The topological polar surface area (TPSA) is 87.7 Å². The van der Waals surface area contributed by atoms with E-state index >= 15 is 0 Å². The van der Waals surface area contributed by atoms with Crippen molar-refractivity contribution in [1.29, 1.82) is 0 Å². The third kappa shape index (κ3) is 5.29. The summed E-state index contributed by atoms with van der Waals surface area (Å²) in [5, 5.41) is 5.45. The van der Waals surface area contributed by atoms with Crippen LogP contribution < -0.4 is 10.6 Å².